The van der Waals surface area contributed by atoms with E-state index >= 15 is 0 Å². The molecule has 4 nitrogen and oxygen atoms in total. The molecule has 1 aromatic carbocycles. The van der Waals surface area contributed by atoms with Crippen molar-refractivity contribution < 1.29 is 19.1 Å². The first-order valence-corrected chi connectivity index (χ1v) is 5.39. The van der Waals surface area contributed by atoms with Gasteiger partial charge in [0.15, 0.2) is 0 Å². The fourth-order valence-electron chi connectivity index (χ4n) is 2.01. The molecule has 0 bridgehead atoms. The lowest BCUT2D eigenvalue weighted by Gasteiger charge is -2.07. The van der Waals surface area contributed by atoms with Gasteiger partial charge in [-0.25, -0.2) is 4.39 Å². The van der Waals surface area contributed by atoms with Crippen molar-refractivity contribution in [3.63, 3.8) is 0 Å². The highest BCUT2D eigenvalue weighted by atomic mass is 19.1. The lowest BCUT2D eigenvalue weighted by atomic mass is 10.0. The molecule has 1 heterocycles. The van der Waals surface area contributed by atoms with E-state index in [1.807, 2.05) is 0 Å². The Morgan fingerprint density at radius 3 is 2.94 bits per heavy atom. The summed E-state index contributed by atoms with van der Waals surface area (Å²) in [4.78, 5) is 21.6. The van der Waals surface area contributed by atoms with Gasteiger partial charge in [0.25, 0.3) is 0 Å². The van der Waals surface area contributed by atoms with Gasteiger partial charge in [0.2, 0.25) is 5.91 Å². The van der Waals surface area contributed by atoms with Crippen LogP contribution in [0.3, 0.4) is 0 Å². The topological polar surface area (TPSA) is 66.4 Å². The van der Waals surface area contributed by atoms with Gasteiger partial charge in [-0.1, -0.05) is 0 Å². The molecule has 0 atom stereocenters. The van der Waals surface area contributed by atoms with Gasteiger partial charge in [-0.15, -0.1) is 0 Å². The number of benzene rings is 1. The minimum atomic E-state index is -0.873. The average Bonchev–Trinajstić information content (AvgIpc) is 2.57. The van der Waals surface area contributed by atoms with Crippen molar-refractivity contribution in [2.24, 2.45) is 0 Å². The molecule has 0 aromatic heterocycles. The van der Waals surface area contributed by atoms with Crippen LogP contribution in [0.1, 0.15) is 24.0 Å². The number of anilines is 1. The first kappa shape index (κ1) is 11.6. The highest BCUT2D eigenvalue weighted by Gasteiger charge is 2.21. The first-order valence-electron chi connectivity index (χ1n) is 5.39. The molecule has 1 aliphatic heterocycles. The molecule has 2 N–H and O–H groups in total. The van der Waals surface area contributed by atoms with E-state index in [0.29, 0.717) is 29.7 Å². The molecular formula is C12H12FNO3. The van der Waals surface area contributed by atoms with Gasteiger partial charge in [-0.3, -0.25) is 9.59 Å². The third kappa shape index (κ3) is 2.61. The van der Waals surface area contributed by atoms with Gasteiger partial charge < -0.3 is 10.4 Å². The summed E-state index contributed by atoms with van der Waals surface area (Å²) in [6.07, 6.45) is 1.12. The van der Waals surface area contributed by atoms with Crippen molar-refractivity contribution in [2.45, 2.75) is 25.7 Å². The van der Waals surface area contributed by atoms with Crippen molar-refractivity contribution in [3.05, 3.63) is 29.1 Å². The minimum absolute atomic E-state index is 0.0409. The van der Waals surface area contributed by atoms with Gasteiger partial charge in [0, 0.05) is 12.1 Å². The molecule has 2 rings (SSSR count). The number of aryl methyl sites for hydroxylation is 1. The van der Waals surface area contributed by atoms with Crippen LogP contribution in [0.2, 0.25) is 0 Å². The van der Waals surface area contributed by atoms with E-state index in [1.165, 1.54) is 12.1 Å². The van der Waals surface area contributed by atoms with Crippen molar-refractivity contribution in [2.75, 3.05) is 5.32 Å². The summed E-state index contributed by atoms with van der Waals surface area (Å²) < 4.78 is 13.3. The maximum absolute atomic E-state index is 13.3. The number of nitrogens with one attached hydrogen (secondary N) is 1. The Morgan fingerprint density at radius 2 is 2.24 bits per heavy atom. The van der Waals surface area contributed by atoms with Crippen LogP contribution in [0.4, 0.5) is 10.1 Å². The summed E-state index contributed by atoms with van der Waals surface area (Å²) in [5, 5.41) is 11.2. The van der Waals surface area contributed by atoms with Gasteiger partial charge in [-0.2, -0.15) is 0 Å². The zero-order valence-electron chi connectivity index (χ0n) is 9.12. The van der Waals surface area contributed by atoms with Crippen molar-refractivity contribution >= 4 is 17.6 Å². The number of hydrogen-bond donors (Lipinski definition) is 2. The molecular weight excluding hydrogens is 225 g/mol. The SMILES string of the molecule is O=C(O)CCCc1cc(F)cc2c1NC(=O)C2. The van der Waals surface area contributed by atoms with Crippen LogP contribution < -0.4 is 5.32 Å². The number of hydrogen-bond acceptors (Lipinski definition) is 2. The number of carbonyl (C=O) groups is 2. The lowest BCUT2D eigenvalue weighted by Crippen LogP contribution is -2.05. The van der Waals surface area contributed by atoms with Crippen LogP contribution in [0, 0.1) is 5.82 Å². The molecule has 5 heteroatoms. The zero-order valence-corrected chi connectivity index (χ0v) is 9.12. The Labute approximate surface area is 97.4 Å². The largest absolute Gasteiger partial charge is 0.481 e. The van der Waals surface area contributed by atoms with Crippen molar-refractivity contribution in [1.82, 2.24) is 0 Å². The molecule has 0 fully saturated rings. The standard InChI is InChI=1S/C12H12FNO3/c13-9-4-7(2-1-3-11(16)17)12-8(5-9)6-10(15)14-12/h4-5H,1-3,6H2,(H,14,15)(H,16,17). The maximum Gasteiger partial charge on any atom is 0.303 e. The van der Waals surface area contributed by atoms with Crippen molar-refractivity contribution in [3.8, 4) is 0 Å². The summed E-state index contributed by atoms with van der Waals surface area (Å²) in [6.45, 7) is 0. The second-order valence-corrected chi connectivity index (χ2v) is 4.07. The highest BCUT2D eigenvalue weighted by Crippen LogP contribution is 2.29. The molecule has 0 unspecified atom stereocenters. The Hall–Kier alpha value is -1.91. The Bertz CT molecular complexity index is 485. The quantitative estimate of drug-likeness (QED) is 0.838. The fourth-order valence-corrected chi connectivity index (χ4v) is 2.01. The van der Waals surface area contributed by atoms with Crippen LogP contribution in [0.25, 0.3) is 0 Å². The van der Waals surface area contributed by atoms with E-state index in [0.717, 1.165) is 0 Å². The third-order valence-electron chi connectivity index (χ3n) is 2.72. The molecule has 90 valence electrons. The van der Waals surface area contributed by atoms with E-state index in [2.05, 4.69) is 5.32 Å². The van der Waals surface area contributed by atoms with Gasteiger partial charge >= 0.3 is 5.97 Å². The van der Waals surface area contributed by atoms with E-state index in [1.54, 1.807) is 0 Å². The Balaban J connectivity index is 2.17. The predicted molar refractivity (Wildman–Crippen MR) is 59.3 cm³/mol. The van der Waals surface area contributed by atoms with Crippen LogP contribution in [0.5, 0.6) is 0 Å². The predicted octanol–water partition coefficient (Wildman–Crippen LogP) is 1.73. The lowest BCUT2D eigenvalue weighted by molar-refractivity contribution is -0.137. The smallest absolute Gasteiger partial charge is 0.303 e. The Kier molecular flexibility index (Phi) is 3.08. The van der Waals surface area contributed by atoms with Crippen LogP contribution in [0.15, 0.2) is 12.1 Å². The van der Waals surface area contributed by atoms with Gasteiger partial charge in [-0.05, 0) is 36.1 Å². The molecule has 17 heavy (non-hydrogen) atoms. The number of halogens is 1. The van der Waals surface area contributed by atoms with Crippen LogP contribution >= 0.6 is 0 Å². The molecule has 1 amide bonds. The number of aliphatic carboxylic acids is 1. The summed E-state index contributed by atoms with van der Waals surface area (Å²) in [5.74, 6) is -1.40. The number of rotatable bonds is 4. The fraction of sp³-hybridized carbons (Fsp3) is 0.333. The maximum atomic E-state index is 13.3. The molecule has 0 saturated carbocycles. The molecule has 0 radical (unpaired) electrons. The highest BCUT2D eigenvalue weighted by molar-refractivity contribution is 6.00. The summed E-state index contributed by atoms with van der Waals surface area (Å²) in [7, 11) is 0. The van der Waals surface area contributed by atoms with E-state index < -0.39 is 5.97 Å². The second kappa shape index (κ2) is 4.53. The number of carboxylic acid groups (broad SMARTS) is 1. The number of amides is 1. The summed E-state index contributed by atoms with van der Waals surface area (Å²) in [5.41, 5.74) is 1.98. The number of carboxylic acids is 1. The molecule has 0 saturated heterocycles. The number of carbonyl (C=O) groups excluding carboxylic acids is 1. The monoisotopic (exact) mass is 237 g/mol. The third-order valence-corrected chi connectivity index (χ3v) is 2.72. The van der Waals surface area contributed by atoms with Crippen molar-refractivity contribution in [1.29, 1.82) is 0 Å². The van der Waals surface area contributed by atoms with Gasteiger partial charge in [0.1, 0.15) is 5.82 Å². The summed E-state index contributed by atoms with van der Waals surface area (Å²) >= 11 is 0. The average molecular weight is 237 g/mol. The first-order chi connectivity index (χ1) is 8.06. The minimum Gasteiger partial charge on any atom is -0.481 e. The van der Waals surface area contributed by atoms with Crippen LogP contribution in [-0.2, 0) is 22.4 Å². The van der Waals surface area contributed by atoms with E-state index in [4.69, 9.17) is 5.11 Å². The van der Waals surface area contributed by atoms with E-state index in [-0.39, 0.29) is 24.6 Å². The number of fused-ring (bicyclic) bond motifs is 1. The van der Waals surface area contributed by atoms with Crippen LogP contribution in [-0.4, -0.2) is 17.0 Å². The summed E-state index contributed by atoms with van der Waals surface area (Å²) in [6, 6.07) is 2.69. The molecule has 1 aromatic rings. The normalized spacial score (nSPS) is 13.4. The zero-order chi connectivity index (χ0) is 12.4. The van der Waals surface area contributed by atoms with Gasteiger partial charge in [0.05, 0.1) is 6.42 Å². The second-order valence-electron chi connectivity index (χ2n) is 4.07. The molecule has 1 aliphatic rings. The Morgan fingerprint density at radius 1 is 1.47 bits per heavy atom. The molecule has 0 aliphatic carbocycles. The molecule has 0 spiro atoms. The van der Waals surface area contributed by atoms with E-state index in [9.17, 15) is 14.0 Å².